The Morgan fingerprint density at radius 1 is 0.276 bits per heavy atom. The average molecular weight is 399 g/mol. The molecule has 148 valence electrons. The molecule has 1 heteroatoms. The second-order valence-corrected chi connectivity index (χ2v) is 6.94. The molecule has 0 aromatic heterocycles. The third-order valence-electron chi connectivity index (χ3n) is 4.78. The van der Waals surface area contributed by atoms with Crippen molar-refractivity contribution in [2.45, 2.75) is 25.7 Å². The van der Waals surface area contributed by atoms with Crippen molar-refractivity contribution in [2.24, 2.45) is 0 Å². The number of hydrogen-bond acceptors (Lipinski definition) is 0. The van der Waals surface area contributed by atoms with Gasteiger partial charge in [-0.2, -0.15) is 13.5 Å². The van der Waals surface area contributed by atoms with E-state index in [4.69, 9.17) is 0 Å². The molecule has 0 fully saturated rings. The molecule has 0 radical (unpaired) electrons. The molecule has 0 amide bonds. The van der Waals surface area contributed by atoms with Gasteiger partial charge in [0.1, 0.15) is 0 Å². The van der Waals surface area contributed by atoms with Crippen LogP contribution in [0.2, 0.25) is 0 Å². The molecule has 0 aliphatic carbocycles. The Labute approximate surface area is 182 Å². The van der Waals surface area contributed by atoms with Crippen LogP contribution in [0.1, 0.15) is 22.3 Å². The van der Waals surface area contributed by atoms with Gasteiger partial charge in [0.05, 0.1) is 0 Å². The average Bonchev–Trinajstić information content (AvgIpc) is 2.80. The van der Waals surface area contributed by atoms with Crippen LogP contribution in [0.3, 0.4) is 0 Å². The summed E-state index contributed by atoms with van der Waals surface area (Å²) in [5.74, 6) is 0. The second kappa shape index (κ2) is 13.4. The standard InChI is InChI=1S/2C14H14.H2S/c2*1-3-7-13(8-4-1)11-12-14-9-5-2-6-10-14;/h2*1-10H,11-12H2;1H2. The van der Waals surface area contributed by atoms with E-state index in [-0.39, 0.29) is 13.5 Å². The van der Waals surface area contributed by atoms with Crippen molar-refractivity contribution in [3.63, 3.8) is 0 Å². The van der Waals surface area contributed by atoms with Crippen LogP contribution in [0.5, 0.6) is 0 Å². The SMILES string of the molecule is S.c1ccc(CCc2ccccc2)cc1.c1ccc(CCc2ccccc2)cc1. The van der Waals surface area contributed by atoms with Gasteiger partial charge in [-0.3, -0.25) is 0 Å². The molecular formula is C28H30S. The fourth-order valence-electron chi connectivity index (χ4n) is 3.16. The molecule has 29 heavy (non-hydrogen) atoms. The highest BCUT2D eigenvalue weighted by Gasteiger charge is 1.94. The van der Waals surface area contributed by atoms with E-state index in [2.05, 4.69) is 121 Å². The van der Waals surface area contributed by atoms with E-state index in [0.717, 1.165) is 25.7 Å². The first-order valence-corrected chi connectivity index (χ1v) is 10.1. The first-order chi connectivity index (χ1) is 13.9. The van der Waals surface area contributed by atoms with Gasteiger partial charge in [0.25, 0.3) is 0 Å². The first-order valence-electron chi connectivity index (χ1n) is 10.1. The molecule has 0 N–H and O–H groups in total. The van der Waals surface area contributed by atoms with E-state index in [1.54, 1.807) is 0 Å². The van der Waals surface area contributed by atoms with E-state index in [1.165, 1.54) is 22.3 Å². The van der Waals surface area contributed by atoms with Gasteiger partial charge in [-0.15, -0.1) is 0 Å². The molecule has 0 atom stereocenters. The van der Waals surface area contributed by atoms with Gasteiger partial charge in [-0.25, -0.2) is 0 Å². The minimum absolute atomic E-state index is 0. The monoisotopic (exact) mass is 398 g/mol. The predicted octanol–water partition coefficient (Wildman–Crippen LogP) is 7.06. The highest BCUT2D eigenvalue weighted by Crippen LogP contribution is 2.07. The van der Waals surface area contributed by atoms with Crippen molar-refractivity contribution in [2.75, 3.05) is 0 Å². The lowest BCUT2D eigenvalue weighted by Gasteiger charge is -2.01. The summed E-state index contributed by atoms with van der Waals surface area (Å²) < 4.78 is 0. The van der Waals surface area contributed by atoms with E-state index in [1.807, 2.05) is 0 Å². The lowest BCUT2D eigenvalue weighted by molar-refractivity contribution is 0.960. The maximum absolute atomic E-state index is 2.18. The zero-order valence-electron chi connectivity index (χ0n) is 16.9. The third-order valence-corrected chi connectivity index (χ3v) is 4.78. The second-order valence-electron chi connectivity index (χ2n) is 6.94. The summed E-state index contributed by atoms with van der Waals surface area (Å²) in [5, 5.41) is 0. The molecule has 4 aromatic carbocycles. The number of hydrogen-bond donors (Lipinski definition) is 0. The van der Waals surface area contributed by atoms with Crippen LogP contribution in [-0.2, 0) is 25.7 Å². The zero-order valence-corrected chi connectivity index (χ0v) is 17.9. The van der Waals surface area contributed by atoms with Crippen LogP contribution in [0.25, 0.3) is 0 Å². The van der Waals surface area contributed by atoms with Gasteiger partial charge in [0, 0.05) is 0 Å². The van der Waals surface area contributed by atoms with Crippen molar-refractivity contribution >= 4 is 13.5 Å². The Balaban J connectivity index is 0.000000200. The Bertz CT molecular complexity index is 730. The zero-order chi connectivity index (χ0) is 19.3. The normalized spacial score (nSPS) is 9.66. The number of rotatable bonds is 6. The molecule has 4 rings (SSSR count). The van der Waals surface area contributed by atoms with Gasteiger partial charge < -0.3 is 0 Å². The van der Waals surface area contributed by atoms with Crippen LogP contribution >= 0.6 is 13.5 Å². The topological polar surface area (TPSA) is 0 Å². The summed E-state index contributed by atoms with van der Waals surface area (Å²) in [5.41, 5.74) is 5.65. The summed E-state index contributed by atoms with van der Waals surface area (Å²) in [4.78, 5) is 0. The smallest absolute Gasteiger partial charge is 0.0238 e. The highest BCUT2D eigenvalue weighted by atomic mass is 32.1. The molecule has 0 unspecified atom stereocenters. The van der Waals surface area contributed by atoms with Crippen molar-refractivity contribution in [3.05, 3.63) is 144 Å². The Hall–Kier alpha value is -2.77. The third kappa shape index (κ3) is 8.85. The first kappa shape index (κ1) is 22.5. The van der Waals surface area contributed by atoms with E-state index in [0.29, 0.717) is 0 Å². The molecule has 0 bridgehead atoms. The molecule has 0 saturated heterocycles. The molecule has 0 spiro atoms. The summed E-state index contributed by atoms with van der Waals surface area (Å²) in [6, 6.07) is 42.5. The summed E-state index contributed by atoms with van der Waals surface area (Å²) in [7, 11) is 0. The van der Waals surface area contributed by atoms with E-state index >= 15 is 0 Å². The Morgan fingerprint density at radius 3 is 0.621 bits per heavy atom. The van der Waals surface area contributed by atoms with E-state index in [9.17, 15) is 0 Å². The molecule has 0 heterocycles. The number of benzene rings is 4. The van der Waals surface area contributed by atoms with Gasteiger partial charge in [-0.05, 0) is 47.9 Å². The van der Waals surface area contributed by atoms with Crippen molar-refractivity contribution in [3.8, 4) is 0 Å². The lowest BCUT2D eigenvalue weighted by atomic mass is 10.0. The largest absolute Gasteiger partial charge is 0.197 e. The minimum Gasteiger partial charge on any atom is -0.197 e. The fraction of sp³-hybridized carbons (Fsp3) is 0.143. The summed E-state index contributed by atoms with van der Waals surface area (Å²) in [6.45, 7) is 0. The molecule has 0 nitrogen and oxygen atoms in total. The van der Waals surface area contributed by atoms with Gasteiger partial charge in [0.2, 0.25) is 0 Å². The Kier molecular flexibility index (Phi) is 10.4. The van der Waals surface area contributed by atoms with Crippen LogP contribution in [0.4, 0.5) is 0 Å². The van der Waals surface area contributed by atoms with Crippen LogP contribution in [0.15, 0.2) is 121 Å². The van der Waals surface area contributed by atoms with Gasteiger partial charge in [-0.1, -0.05) is 121 Å². The van der Waals surface area contributed by atoms with Crippen LogP contribution in [-0.4, -0.2) is 0 Å². The quantitative estimate of drug-likeness (QED) is 0.326. The van der Waals surface area contributed by atoms with Crippen LogP contribution < -0.4 is 0 Å². The summed E-state index contributed by atoms with van der Waals surface area (Å²) in [6.07, 6.45) is 4.52. The molecule has 0 aliphatic rings. The Morgan fingerprint density at radius 2 is 0.448 bits per heavy atom. The summed E-state index contributed by atoms with van der Waals surface area (Å²) >= 11 is 0. The van der Waals surface area contributed by atoms with Gasteiger partial charge in [0.15, 0.2) is 0 Å². The molecule has 0 saturated carbocycles. The van der Waals surface area contributed by atoms with Gasteiger partial charge >= 0.3 is 0 Å². The molecule has 0 aliphatic heterocycles. The minimum atomic E-state index is 0. The highest BCUT2D eigenvalue weighted by molar-refractivity contribution is 7.59. The van der Waals surface area contributed by atoms with Crippen molar-refractivity contribution in [1.82, 2.24) is 0 Å². The maximum atomic E-state index is 2.18. The van der Waals surface area contributed by atoms with E-state index < -0.39 is 0 Å². The molecular weight excluding hydrogens is 368 g/mol. The fourth-order valence-corrected chi connectivity index (χ4v) is 3.16. The van der Waals surface area contributed by atoms with Crippen molar-refractivity contribution < 1.29 is 0 Å². The maximum Gasteiger partial charge on any atom is -0.0238 e. The van der Waals surface area contributed by atoms with Crippen LogP contribution in [0, 0.1) is 0 Å². The molecule has 4 aromatic rings. The lowest BCUT2D eigenvalue weighted by Crippen LogP contribution is -1.89. The predicted molar refractivity (Wildman–Crippen MR) is 131 cm³/mol. The van der Waals surface area contributed by atoms with Crippen molar-refractivity contribution in [1.29, 1.82) is 0 Å². The number of aryl methyl sites for hydroxylation is 4.